The molecule has 0 N–H and O–H groups in total. The van der Waals surface area contributed by atoms with Gasteiger partial charge in [0, 0.05) is 89.1 Å². The summed E-state index contributed by atoms with van der Waals surface area (Å²) in [6, 6.07) is 31.4. The molecule has 4 aliphatic rings. The van der Waals surface area contributed by atoms with E-state index >= 15 is 0 Å². The minimum atomic E-state index is -1.32. The van der Waals surface area contributed by atoms with Crippen LogP contribution in [0.2, 0.25) is 0 Å². The van der Waals surface area contributed by atoms with Crippen molar-refractivity contribution in [3.05, 3.63) is 142 Å². The van der Waals surface area contributed by atoms with Gasteiger partial charge in [0.05, 0.1) is 11.1 Å². The van der Waals surface area contributed by atoms with E-state index in [1.165, 1.54) is 0 Å². The zero-order chi connectivity index (χ0) is 37.2. The van der Waals surface area contributed by atoms with Crippen LogP contribution in [-0.4, -0.2) is 38.1 Å². The van der Waals surface area contributed by atoms with Gasteiger partial charge in [0.25, 0.3) is 0 Å². The van der Waals surface area contributed by atoms with Gasteiger partial charge in [-0.3, -0.25) is 0 Å². The van der Waals surface area contributed by atoms with Crippen LogP contribution < -0.4 is 19.3 Å². The molecule has 8 nitrogen and oxygen atoms in total. The average molecular weight is 721 g/mol. The lowest BCUT2D eigenvalue weighted by Gasteiger charge is -2.41. The number of nitrogens with zero attached hydrogens (tertiary/aromatic N) is 2. The van der Waals surface area contributed by atoms with Crippen molar-refractivity contribution in [1.82, 2.24) is 0 Å². The Bertz CT molecular complexity index is 2160. The SMILES string of the molecule is CCCN(CCC)c1ccc2c(c1)Oc1cc3c(cc1[C@]21OC(=O)c2ccccc21)[C@@]1(OC(=O)c2ccccc21)c1ccc(N(CCC)CCC)cc1O3. The summed E-state index contributed by atoms with van der Waals surface area (Å²) in [5, 5.41) is 0. The zero-order valence-electron chi connectivity index (χ0n) is 31.2. The number of fused-ring (bicyclic) bond motifs is 12. The lowest BCUT2D eigenvalue weighted by molar-refractivity contribution is 0.0208. The van der Waals surface area contributed by atoms with Crippen molar-refractivity contribution in [2.75, 3.05) is 36.0 Å². The number of rotatable bonds is 10. The van der Waals surface area contributed by atoms with E-state index in [9.17, 15) is 9.59 Å². The predicted molar refractivity (Wildman–Crippen MR) is 209 cm³/mol. The molecular weight excluding hydrogens is 677 g/mol. The Labute approximate surface area is 316 Å². The monoisotopic (exact) mass is 720 g/mol. The number of carbonyl (C=O) groups excluding carboxylic acids is 2. The van der Waals surface area contributed by atoms with E-state index in [-0.39, 0.29) is 0 Å². The summed E-state index contributed by atoms with van der Waals surface area (Å²) in [6.45, 7) is 12.4. The van der Waals surface area contributed by atoms with Crippen LogP contribution in [0.3, 0.4) is 0 Å². The molecule has 274 valence electrons. The third-order valence-corrected chi connectivity index (χ3v) is 11.2. The van der Waals surface area contributed by atoms with Gasteiger partial charge in [0.1, 0.15) is 23.0 Å². The van der Waals surface area contributed by atoms with Crippen molar-refractivity contribution in [3.63, 3.8) is 0 Å². The fourth-order valence-electron chi connectivity index (χ4n) is 9.03. The normalized spacial score (nSPS) is 19.4. The first kappa shape index (κ1) is 34.0. The second kappa shape index (κ2) is 13.0. The van der Waals surface area contributed by atoms with E-state index < -0.39 is 23.1 Å². The average Bonchev–Trinajstić information content (AvgIpc) is 3.65. The van der Waals surface area contributed by atoms with Crippen LogP contribution in [0.1, 0.15) is 107 Å². The molecule has 5 aromatic rings. The van der Waals surface area contributed by atoms with Crippen LogP contribution >= 0.6 is 0 Å². The number of hydrogen-bond donors (Lipinski definition) is 0. The van der Waals surface area contributed by atoms with Gasteiger partial charge in [-0.15, -0.1) is 0 Å². The van der Waals surface area contributed by atoms with Gasteiger partial charge < -0.3 is 28.7 Å². The Morgan fingerprint density at radius 3 is 1.24 bits per heavy atom. The number of benzene rings is 5. The Kier molecular flexibility index (Phi) is 8.18. The number of anilines is 2. The van der Waals surface area contributed by atoms with Crippen molar-refractivity contribution < 1.29 is 28.5 Å². The van der Waals surface area contributed by atoms with Crippen molar-refractivity contribution in [2.45, 2.75) is 64.6 Å². The van der Waals surface area contributed by atoms with Crippen molar-refractivity contribution >= 4 is 23.3 Å². The molecule has 0 aromatic heterocycles. The lowest BCUT2D eigenvalue weighted by Crippen LogP contribution is -2.37. The van der Waals surface area contributed by atoms with E-state index in [0.717, 1.165) is 85.5 Å². The molecule has 5 aromatic carbocycles. The van der Waals surface area contributed by atoms with E-state index in [1.807, 2.05) is 72.8 Å². The molecule has 8 heteroatoms. The van der Waals surface area contributed by atoms with Gasteiger partial charge in [-0.1, -0.05) is 64.1 Å². The maximum Gasteiger partial charge on any atom is 0.340 e. The summed E-state index contributed by atoms with van der Waals surface area (Å²) in [4.78, 5) is 32.4. The molecule has 0 aliphatic carbocycles. The maximum atomic E-state index is 13.8. The fraction of sp³-hybridized carbons (Fsp3) is 0.304. The van der Waals surface area contributed by atoms with Crippen LogP contribution in [0.25, 0.3) is 0 Å². The summed E-state index contributed by atoms with van der Waals surface area (Å²) in [5.74, 6) is 1.42. The summed E-state index contributed by atoms with van der Waals surface area (Å²) >= 11 is 0. The molecule has 54 heavy (non-hydrogen) atoms. The van der Waals surface area contributed by atoms with Crippen LogP contribution in [0.4, 0.5) is 11.4 Å². The van der Waals surface area contributed by atoms with E-state index in [2.05, 4.69) is 61.8 Å². The highest BCUT2D eigenvalue weighted by Gasteiger charge is 2.58. The molecule has 4 heterocycles. The maximum absolute atomic E-state index is 13.8. The number of esters is 2. The fourth-order valence-corrected chi connectivity index (χ4v) is 9.03. The first-order valence-corrected chi connectivity index (χ1v) is 19.4. The van der Waals surface area contributed by atoms with E-state index in [0.29, 0.717) is 45.3 Å². The quantitative estimate of drug-likeness (QED) is 0.132. The number of hydrogen-bond acceptors (Lipinski definition) is 8. The highest BCUT2D eigenvalue weighted by molar-refractivity contribution is 5.98. The minimum Gasteiger partial charge on any atom is -0.456 e. The van der Waals surface area contributed by atoms with E-state index in [4.69, 9.17) is 18.9 Å². The molecule has 0 saturated heterocycles. The molecule has 2 spiro atoms. The smallest absolute Gasteiger partial charge is 0.340 e. The molecule has 0 amide bonds. The van der Waals surface area contributed by atoms with Gasteiger partial charge in [-0.2, -0.15) is 0 Å². The molecular formula is C46H44N2O6. The Hall–Kier alpha value is -5.76. The van der Waals surface area contributed by atoms with Crippen molar-refractivity contribution in [1.29, 1.82) is 0 Å². The molecule has 2 atom stereocenters. The third-order valence-electron chi connectivity index (χ3n) is 11.2. The second-order valence-electron chi connectivity index (χ2n) is 14.6. The number of carbonyl (C=O) groups is 2. The Morgan fingerprint density at radius 2 is 0.833 bits per heavy atom. The van der Waals surface area contributed by atoms with Crippen LogP contribution in [0.15, 0.2) is 97.1 Å². The highest BCUT2D eigenvalue weighted by atomic mass is 16.6. The lowest BCUT2D eigenvalue weighted by atomic mass is 9.73. The zero-order valence-corrected chi connectivity index (χ0v) is 31.2. The molecule has 0 bridgehead atoms. The van der Waals surface area contributed by atoms with Gasteiger partial charge >= 0.3 is 11.9 Å². The minimum absolute atomic E-state index is 0.407. The molecule has 0 unspecified atom stereocenters. The number of ether oxygens (including phenoxy) is 4. The summed E-state index contributed by atoms with van der Waals surface area (Å²) in [7, 11) is 0. The highest BCUT2D eigenvalue weighted by Crippen LogP contribution is 2.62. The summed E-state index contributed by atoms with van der Waals surface area (Å²) in [5.41, 5.74) is 4.66. The summed E-state index contributed by atoms with van der Waals surface area (Å²) in [6.07, 6.45) is 4.03. The van der Waals surface area contributed by atoms with Crippen LogP contribution in [0.5, 0.6) is 23.0 Å². The van der Waals surface area contributed by atoms with Crippen molar-refractivity contribution in [3.8, 4) is 23.0 Å². The molecule has 0 radical (unpaired) electrons. The molecule has 0 saturated carbocycles. The van der Waals surface area contributed by atoms with Crippen molar-refractivity contribution in [2.24, 2.45) is 0 Å². The largest absolute Gasteiger partial charge is 0.456 e. The topological polar surface area (TPSA) is 77.5 Å². The van der Waals surface area contributed by atoms with Gasteiger partial charge in [-0.05, 0) is 68.1 Å². The Balaban J connectivity index is 1.30. The van der Waals surface area contributed by atoms with Crippen LogP contribution in [-0.2, 0) is 20.7 Å². The van der Waals surface area contributed by atoms with Gasteiger partial charge in [0.15, 0.2) is 11.2 Å². The standard InChI is InChI=1S/C46H44N2O6/c1-5-21-47(22-6-2)29-17-19-35-39(25-29)51-41-28-42-38(27-37(41)45(35)33-15-11-9-13-31(33)43(49)53-45)46(34-16-12-10-14-32(34)44(50)54-46)36-20-18-30(26-40(36)52-42)48(23-7-3)24-8-4/h9-20,25-28H,5-8,21-24H2,1-4H3/t45-,46+. The summed E-state index contributed by atoms with van der Waals surface area (Å²) < 4.78 is 27.0. The predicted octanol–water partition coefficient (Wildman–Crippen LogP) is 10.1. The molecule has 4 aliphatic heterocycles. The first-order valence-electron chi connectivity index (χ1n) is 19.4. The Morgan fingerprint density at radius 1 is 0.444 bits per heavy atom. The first-order chi connectivity index (χ1) is 26.4. The van der Waals surface area contributed by atoms with Gasteiger partial charge in [0.2, 0.25) is 0 Å². The molecule has 0 fully saturated rings. The molecule has 9 rings (SSSR count). The van der Waals surface area contributed by atoms with Gasteiger partial charge in [-0.25, -0.2) is 9.59 Å². The van der Waals surface area contributed by atoms with E-state index in [1.54, 1.807) is 0 Å². The third kappa shape index (κ3) is 4.81. The van der Waals surface area contributed by atoms with Crippen LogP contribution in [0, 0.1) is 0 Å². The second-order valence-corrected chi connectivity index (χ2v) is 14.6.